The lowest BCUT2D eigenvalue weighted by molar-refractivity contribution is 0.0162. The number of carbonyl (C=O) groups excluding carboxylic acids is 1. The fourth-order valence-corrected chi connectivity index (χ4v) is 5.56. The van der Waals surface area contributed by atoms with Gasteiger partial charge >= 0.3 is 0 Å². The summed E-state index contributed by atoms with van der Waals surface area (Å²) in [6.45, 7) is 12.1. The van der Waals surface area contributed by atoms with Gasteiger partial charge in [0.1, 0.15) is 7.11 Å². The minimum absolute atomic E-state index is 0.127. The van der Waals surface area contributed by atoms with E-state index < -0.39 is 0 Å². The molecule has 182 valence electrons. The van der Waals surface area contributed by atoms with Crippen molar-refractivity contribution in [1.29, 1.82) is 0 Å². The molecule has 0 radical (unpaired) electrons. The van der Waals surface area contributed by atoms with Gasteiger partial charge in [0.2, 0.25) is 0 Å². The normalized spacial score (nSPS) is 19.8. The van der Waals surface area contributed by atoms with Crippen LogP contribution in [0, 0.1) is 26.7 Å². The van der Waals surface area contributed by atoms with Crippen molar-refractivity contribution in [3.8, 4) is 0 Å². The van der Waals surface area contributed by atoms with Crippen molar-refractivity contribution in [3.63, 3.8) is 0 Å². The van der Waals surface area contributed by atoms with Crippen molar-refractivity contribution in [1.82, 2.24) is 14.8 Å². The Kier molecular flexibility index (Phi) is 7.36. The Morgan fingerprint density at radius 2 is 1.68 bits per heavy atom. The number of piperidine rings is 2. The number of amides is 1. The quantitative estimate of drug-likeness (QED) is 0.475. The zero-order valence-corrected chi connectivity index (χ0v) is 21.3. The molecular formula is C28H38N4O2. The van der Waals surface area contributed by atoms with E-state index in [2.05, 4.69) is 53.2 Å². The summed E-state index contributed by atoms with van der Waals surface area (Å²) in [5.41, 5.74) is 6.20. The molecule has 0 atom stereocenters. The van der Waals surface area contributed by atoms with Gasteiger partial charge in [-0.3, -0.25) is 14.7 Å². The standard InChI is InChI=1S/C28H38N4O2/c1-20-6-8-23(9-7-20)26(30-34-5)24-11-16-32(17-12-24)28(4)13-18-31(19-14-28)27(33)25-21(2)10-15-29-22(25)3/h6-10,15,24H,11-14,16-19H2,1-5H3/b30-26+. The van der Waals surface area contributed by atoms with E-state index in [4.69, 9.17) is 4.84 Å². The summed E-state index contributed by atoms with van der Waals surface area (Å²) < 4.78 is 0. The number of rotatable bonds is 5. The fraction of sp³-hybridized carbons (Fsp3) is 0.536. The summed E-state index contributed by atoms with van der Waals surface area (Å²) in [4.78, 5) is 27.4. The molecule has 0 aliphatic carbocycles. The first-order valence-electron chi connectivity index (χ1n) is 12.5. The van der Waals surface area contributed by atoms with Crippen LogP contribution in [0.2, 0.25) is 0 Å². The van der Waals surface area contributed by atoms with E-state index in [1.807, 2.05) is 24.8 Å². The highest BCUT2D eigenvalue weighted by Crippen LogP contribution is 2.34. The molecule has 1 aromatic carbocycles. The van der Waals surface area contributed by atoms with Crippen molar-refractivity contribution in [2.45, 2.75) is 58.9 Å². The number of aromatic nitrogens is 1. The molecule has 0 unspecified atom stereocenters. The molecule has 1 aromatic heterocycles. The molecule has 2 aliphatic heterocycles. The number of hydrogen-bond acceptors (Lipinski definition) is 5. The number of carbonyl (C=O) groups is 1. The molecule has 3 heterocycles. The van der Waals surface area contributed by atoms with Gasteiger partial charge in [-0.2, -0.15) is 0 Å². The Balaban J connectivity index is 1.37. The van der Waals surface area contributed by atoms with Crippen molar-refractivity contribution >= 4 is 11.6 Å². The van der Waals surface area contributed by atoms with Gasteiger partial charge in [-0.25, -0.2) is 0 Å². The van der Waals surface area contributed by atoms with Gasteiger partial charge in [-0.05, 0) is 83.7 Å². The van der Waals surface area contributed by atoms with Gasteiger partial charge in [0.15, 0.2) is 0 Å². The van der Waals surface area contributed by atoms with Gasteiger partial charge in [0.25, 0.3) is 5.91 Å². The molecule has 4 rings (SSSR count). The number of hydrogen-bond donors (Lipinski definition) is 0. The van der Waals surface area contributed by atoms with Crippen LogP contribution in [0.25, 0.3) is 0 Å². The summed E-state index contributed by atoms with van der Waals surface area (Å²) >= 11 is 0. The van der Waals surface area contributed by atoms with Crippen LogP contribution in [0.3, 0.4) is 0 Å². The minimum atomic E-state index is 0.127. The molecular weight excluding hydrogens is 424 g/mol. The van der Waals surface area contributed by atoms with E-state index in [1.165, 1.54) is 5.56 Å². The molecule has 0 spiro atoms. The van der Waals surface area contributed by atoms with Crippen LogP contribution in [0.1, 0.15) is 65.3 Å². The van der Waals surface area contributed by atoms with Gasteiger partial charge in [-0.1, -0.05) is 35.0 Å². The zero-order chi connectivity index (χ0) is 24.3. The minimum Gasteiger partial charge on any atom is -0.399 e. The maximum atomic E-state index is 13.2. The fourth-order valence-electron chi connectivity index (χ4n) is 5.56. The smallest absolute Gasteiger partial charge is 0.255 e. The van der Waals surface area contributed by atoms with E-state index in [1.54, 1.807) is 13.3 Å². The molecule has 6 nitrogen and oxygen atoms in total. The molecule has 34 heavy (non-hydrogen) atoms. The first-order chi connectivity index (χ1) is 16.3. The van der Waals surface area contributed by atoms with E-state index in [-0.39, 0.29) is 11.4 Å². The maximum absolute atomic E-state index is 13.2. The Morgan fingerprint density at radius 1 is 1.03 bits per heavy atom. The Bertz CT molecular complexity index is 1010. The molecule has 1 amide bonds. The first kappa shape index (κ1) is 24.4. The lowest BCUT2D eigenvalue weighted by Gasteiger charge is -2.49. The highest BCUT2D eigenvalue weighted by Gasteiger charge is 2.39. The number of pyridine rings is 1. The highest BCUT2D eigenvalue weighted by molar-refractivity contribution is 6.02. The first-order valence-corrected chi connectivity index (χ1v) is 12.5. The van der Waals surface area contributed by atoms with Crippen LogP contribution in [-0.2, 0) is 4.84 Å². The summed E-state index contributed by atoms with van der Waals surface area (Å²) in [5, 5.41) is 4.42. The number of aryl methyl sites for hydroxylation is 3. The molecule has 6 heteroatoms. The third-order valence-corrected chi connectivity index (χ3v) is 7.87. The van der Waals surface area contributed by atoms with E-state index in [0.29, 0.717) is 5.92 Å². The van der Waals surface area contributed by atoms with Crippen LogP contribution in [0.5, 0.6) is 0 Å². The molecule has 2 aromatic rings. The highest BCUT2D eigenvalue weighted by atomic mass is 16.6. The summed E-state index contributed by atoms with van der Waals surface area (Å²) in [5.74, 6) is 0.531. The maximum Gasteiger partial charge on any atom is 0.255 e. The number of nitrogens with zero attached hydrogens (tertiary/aromatic N) is 4. The Hall–Kier alpha value is -2.73. The largest absolute Gasteiger partial charge is 0.399 e. The molecule has 2 saturated heterocycles. The predicted octanol–water partition coefficient (Wildman–Crippen LogP) is 4.76. The summed E-state index contributed by atoms with van der Waals surface area (Å²) in [6, 6.07) is 10.5. The van der Waals surface area contributed by atoms with E-state index in [9.17, 15) is 4.79 Å². The van der Waals surface area contributed by atoms with Crippen LogP contribution in [0.4, 0.5) is 0 Å². The topological polar surface area (TPSA) is 58.0 Å². The van der Waals surface area contributed by atoms with Crippen molar-refractivity contribution in [2.24, 2.45) is 11.1 Å². The SMILES string of the molecule is CO/N=C(\c1ccc(C)cc1)C1CCN(C2(C)CCN(C(=O)c3c(C)ccnc3C)CC2)CC1. The summed E-state index contributed by atoms with van der Waals surface area (Å²) in [7, 11) is 1.63. The Morgan fingerprint density at radius 3 is 2.26 bits per heavy atom. The van der Waals surface area contributed by atoms with Crippen LogP contribution >= 0.6 is 0 Å². The molecule has 2 aliphatic rings. The molecule has 0 N–H and O–H groups in total. The van der Waals surface area contributed by atoms with E-state index in [0.717, 1.165) is 80.0 Å². The average Bonchev–Trinajstić information content (AvgIpc) is 2.84. The number of likely N-dealkylation sites (tertiary alicyclic amines) is 2. The van der Waals surface area contributed by atoms with Gasteiger partial charge < -0.3 is 9.74 Å². The predicted molar refractivity (Wildman–Crippen MR) is 136 cm³/mol. The van der Waals surface area contributed by atoms with Gasteiger partial charge in [-0.15, -0.1) is 0 Å². The lowest BCUT2D eigenvalue weighted by Crippen LogP contribution is -2.56. The second-order valence-electron chi connectivity index (χ2n) is 10.2. The van der Waals surface area contributed by atoms with Crippen LogP contribution < -0.4 is 0 Å². The van der Waals surface area contributed by atoms with Crippen LogP contribution in [0.15, 0.2) is 41.7 Å². The average molecular weight is 463 g/mol. The molecule has 2 fully saturated rings. The van der Waals surface area contributed by atoms with Gasteiger partial charge in [0.05, 0.1) is 17.0 Å². The molecule has 0 saturated carbocycles. The van der Waals surface area contributed by atoms with E-state index >= 15 is 0 Å². The Labute approximate surface area is 204 Å². The van der Waals surface area contributed by atoms with Crippen molar-refractivity contribution in [2.75, 3.05) is 33.3 Å². The van der Waals surface area contributed by atoms with Gasteiger partial charge in [0, 0.05) is 30.7 Å². The van der Waals surface area contributed by atoms with Crippen LogP contribution in [-0.4, -0.2) is 65.2 Å². The molecule has 0 bridgehead atoms. The lowest BCUT2D eigenvalue weighted by atomic mass is 9.82. The second-order valence-corrected chi connectivity index (χ2v) is 10.2. The summed E-state index contributed by atoms with van der Waals surface area (Å²) in [6.07, 6.45) is 5.92. The monoisotopic (exact) mass is 462 g/mol. The second kappa shape index (κ2) is 10.3. The number of benzene rings is 1. The van der Waals surface area contributed by atoms with Crippen molar-refractivity contribution < 1.29 is 9.63 Å². The number of oxime groups is 1. The third kappa shape index (κ3) is 5.02. The third-order valence-electron chi connectivity index (χ3n) is 7.87. The van der Waals surface area contributed by atoms with Crippen molar-refractivity contribution in [3.05, 3.63) is 64.5 Å². The zero-order valence-electron chi connectivity index (χ0n) is 21.3.